The van der Waals surface area contributed by atoms with Gasteiger partial charge in [-0.1, -0.05) is 6.92 Å². The highest BCUT2D eigenvalue weighted by Gasteiger charge is 2.48. The van der Waals surface area contributed by atoms with Gasteiger partial charge in [0.1, 0.15) is 5.60 Å². The molecule has 2 N–H and O–H groups in total. The number of likely N-dealkylation sites (N-methyl/N-ethyl adjacent to an activating group) is 1. The molecule has 1 atom stereocenters. The highest BCUT2D eigenvalue weighted by atomic mass is 16.6. The molecule has 3 aliphatic rings. The Hall–Kier alpha value is -1.38. The van der Waals surface area contributed by atoms with E-state index in [-0.39, 0.29) is 30.3 Å². The second-order valence-corrected chi connectivity index (χ2v) is 8.43. The fourth-order valence-corrected chi connectivity index (χ4v) is 4.39. The summed E-state index contributed by atoms with van der Waals surface area (Å²) >= 11 is 0. The van der Waals surface area contributed by atoms with Gasteiger partial charge in [-0.05, 0) is 33.2 Å². The van der Waals surface area contributed by atoms with Crippen molar-refractivity contribution in [1.82, 2.24) is 15.1 Å². The maximum Gasteiger partial charge on any atom is 0.317 e. The Kier molecular flexibility index (Phi) is 5.46. The first-order valence-electron chi connectivity index (χ1n) is 9.51. The fourth-order valence-electron chi connectivity index (χ4n) is 4.39. The van der Waals surface area contributed by atoms with Crippen molar-refractivity contribution in [3.05, 3.63) is 0 Å². The third-order valence-electron chi connectivity index (χ3n) is 5.60. The molecule has 8 nitrogen and oxygen atoms in total. The van der Waals surface area contributed by atoms with Crippen LogP contribution in [0.5, 0.6) is 0 Å². The number of urea groups is 1. The van der Waals surface area contributed by atoms with Gasteiger partial charge in [0.05, 0.1) is 31.8 Å². The molecule has 2 amide bonds. The number of nitrogens with one attached hydrogen (secondary N) is 1. The number of hydrogen-bond donors (Lipinski definition) is 2. The first-order chi connectivity index (χ1) is 12.2. The number of carboxylic acid groups (broad SMARTS) is 1. The summed E-state index contributed by atoms with van der Waals surface area (Å²) < 4.78 is 11.8. The minimum atomic E-state index is -0.807. The van der Waals surface area contributed by atoms with E-state index in [1.807, 2.05) is 30.6 Å². The van der Waals surface area contributed by atoms with Crippen molar-refractivity contribution in [2.45, 2.75) is 63.3 Å². The maximum absolute atomic E-state index is 12.8. The van der Waals surface area contributed by atoms with Crippen LogP contribution in [0, 0.1) is 0 Å². The molecule has 2 heterocycles. The number of rotatable bonds is 5. The predicted octanol–water partition coefficient (Wildman–Crippen LogP) is 0.903. The Bertz CT molecular complexity index is 541. The van der Waals surface area contributed by atoms with Gasteiger partial charge < -0.3 is 24.8 Å². The summed E-state index contributed by atoms with van der Waals surface area (Å²) in [6, 6.07) is 0.284. The van der Waals surface area contributed by atoms with Crippen LogP contribution < -0.4 is 5.32 Å². The molecule has 0 bridgehead atoms. The van der Waals surface area contributed by atoms with E-state index in [4.69, 9.17) is 14.6 Å². The van der Waals surface area contributed by atoms with E-state index in [2.05, 4.69) is 5.32 Å². The summed E-state index contributed by atoms with van der Waals surface area (Å²) in [5.41, 5.74) is -0.784. The van der Waals surface area contributed by atoms with Crippen LogP contribution in [-0.4, -0.2) is 89.6 Å². The van der Waals surface area contributed by atoms with E-state index < -0.39 is 11.6 Å². The standard InChI is InChI=1S/C18H31N3O5/c1-4-20(9-15(22)23)14-7-13(8-14)19-16(24)21-10-17(2,3)26-18(11-21)5-6-25-12-18/h13-14H,4-12H2,1-3H3,(H,19,24)(H,22,23). The van der Waals surface area contributed by atoms with E-state index in [1.165, 1.54) is 0 Å². The second kappa shape index (κ2) is 7.32. The Morgan fingerprint density at radius 3 is 2.62 bits per heavy atom. The number of amides is 2. The number of nitrogens with zero attached hydrogens (tertiary/aromatic N) is 2. The SMILES string of the molecule is CCN(CC(=O)O)C1CC(NC(=O)N2CC(C)(C)OC3(CCOC3)C2)C1. The zero-order valence-corrected chi connectivity index (χ0v) is 16.0. The molecule has 3 fully saturated rings. The topological polar surface area (TPSA) is 91.3 Å². The maximum atomic E-state index is 12.8. The number of ether oxygens (including phenoxy) is 2. The third-order valence-corrected chi connectivity index (χ3v) is 5.60. The van der Waals surface area contributed by atoms with Gasteiger partial charge in [0.2, 0.25) is 0 Å². The van der Waals surface area contributed by atoms with Gasteiger partial charge in [0.15, 0.2) is 0 Å². The van der Waals surface area contributed by atoms with Crippen LogP contribution in [0.4, 0.5) is 4.79 Å². The van der Waals surface area contributed by atoms with E-state index in [1.54, 1.807) is 0 Å². The van der Waals surface area contributed by atoms with Crippen molar-refractivity contribution in [1.29, 1.82) is 0 Å². The Morgan fingerprint density at radius 2 is 2.04 bits per heavy atom. The van der Waals surface area contributed by atoms with E-state index >= 15 is 0 Å². The van der Waals surface area contributed by atoms with E-state index in [0.29, 0.717) is 32.8 Å². The first kappa shape index (κ1) is 19.4. The van der Waals surface area contributed by atoms with Gasteiger partial charge in [-0.3, -0.25) is 9.69 Å². The van der Waals surface area contributed by atoms with Crippen molar-refractivity contribution >= 4 is 12.0 Å². The van der Waals surface area contributed by atoms with Crippen LogP contribution in [-0.2, 0) is 14.3 Å². The van der Waals surface area contributed by atoms with Crippen molar-refractivity contribution in [2.24, 2.45) is 0 Å². The van der Waals surface area contributed by atoms with Crippen LogP contribution in [0.25, 0.3) is 0 Å². The smallest absolute Gasteiger partial charge is 0.317 e. The van der Waals surface area contributed by atoms with Gasteiger partial charge in [0, 0.05) is 25.1 Å². The molecule has 2 saturated heterocycles. The largest absolute Gasteiger partial charge is 0.480 e. The predicted molar refractivity (Wildman–Crippen MR) is 95.1 cm³/mol. The van der Waals surface area contributed by atoms with Crippen LogP contribution in [0.2, 0.25) is 0 Å². The molecule has 1 saturated carbocycles. The highest BCUT2D eigenvalue weighted by molar-refractivity contribution is 5.75. The molecule has 0 radical (unpaired) electrons. The molecular formula is C18H31N3O5. The third kappa shape index (κ3) is 4.29. The lowest BCUT2D eigenvalue weighted by Gasteiger charge is -2.49. The lowest BCUT2D eigenvalue weighted by Crippen LogP contribution is -2.64. The average molecular weight is 369 g/mol. The molecule has 1 spiro atoms. The molecule has 8 heteroatoms. The van der Waals surface area contributed by atoms with Gasteiger partial charge in [-0.2, -0.15) is 0 Å². The van der Waals surface area contributed by atoms with Gasteiger partial charge in [-0.15, -0.1) is 0 Å². The van der Waals surface area contributed by atoms with Crippen LogP contribution in [0.15, 0.2) is 0 Å². The summed E-state index contributed by atoms with van der Waals surface area (Å²) in [6.45, 7) is 9.06. The highest BCUT2D eigenvalue weighted by Crippen LogP contribution is 2.35. The Labute approximate surface area is 154 Å². The van der Waals surface area contributed by atoms with E-state index in [9.17, 15) is 9.59 Å². The number of hydrogen-bond acceptors (Lipinski definition) is 5. The van der Waals surface area contributed by atoms with Crippen LogP contribution >= 0.6 is 0 Å². The molecule has 148 valence electrons. The summed E-state index contributed by atoms with van der Waals surface area (Å²) in [4.78, 5) is 27.5. The molecule has 1 unspecified atom stereocenters. The number of carbonyl (C=O) groups excluding carboxylic acids is 1. The lowest BCUT2D eigenvalue weighted by atomic mass is 9.85. The number of carbonyl (C=O) groups is 2. The summed E-state index contributed by atoms with van der Waals surface area (Å²) in [6.07, 6.45) is 2.41. The van der Waals surface area contributed by atoms with Crippen molar-refractivity contribution in [3.63, 3.8) is 0 Å². The number of morpholine rings is 1. The minimum absolute atomic E-state index is 0.0575. The van der Waals surface area contributed by atoms with Crippen molar-refractivity contribution in [3.8, 4) is 0 Å². The fraction of sp³-hybridized carbons (Fsp3) is 0.889. The summed E-state index contributed by atoms with van der Waals surface area (Å²) in [5.74, 6) is -0.807. The molecular weight excluding hydrogens is 338 g/mol. The summed E-state index contributed by atoms with van der Waals surface area (Å²) in [5, 5.41) is 12.1. The molecule has 2 aliphatic heterocycles. The number of carboxylic acids is 1. The second-order valence-electron chi connectivity index (χ2n) is 8.43. The van der Waals surface area contributed by atoms with Crippen LogP contribution in [0.3, 0.4) is 0 Å². The normalized spacial score (nSPS) is 33.3. The van der Waals surface area contributed by atoms with Crippen molar-refractivity contribution in [2.75, 3.05) is 39.4 Å². The quantitative estimate of drug-likeness (QED) is 0.748. The zero-order chi connectivity index (χ0) is 18.9. The van der Waals surface area contributed by atoms with Gasteiger partial charge in [-0.25, -0.2) is 4.79 Å². The number of aliphatic carboxylic acids is 1. The van der Waals surface area contributed by atoms with Gasteiger partial charge in [0.25, 0.3) is 0 Å². The van der Waals surface area contributed by atoms with Crippen LogP contribution in [0.1, 0.15) is 40.0 Å². The average Bonchev–Trinajstić information content (AvgIpc) is 2.93. The summed E-state index contributed by atoms with van der Waals surface area (Å²) in [7, 11) is 0. The molecule has 26 heavy (non-hydrogen) atoms. The lowest BCUT2D eigenvalue weighted by molar-refractivity contribution is -0.186. The van der Waals surface area contributed by atoms with E-state index in [0.717, 1.165) is 19.3 Å². The zero-order valence-electron chi connectivity index (χ0n) is 16.0. The molecule has 0 aromatic heterocycles. The Balaban J connectivity index is 1.52. The molecule has 0 aromatic carbocycles. The molecule has 0 aromatic rings. The van der Waals surface area contributed by atoms with Crippen molar-refractivity contribution < 1.29 is 24.2 Å². The first-order valence-corrected chi connectivity index (χ1v) is 9.51. The minimum Gasteiger partial charge on any atom is -0.480 e. The molecule has 1 aliphatic carbocycles. The Morgan fingerprint density at radius 1 is 1.31 bits per heavy atom. The molecule has 3 rings (SSSR count). The van der Waals surface area contributed by atoms with Gasteiger partial charge >= 0.3 is 12.0 Å². The monoisotopic (exact) mass is 369 g/mol.